The van der Waals surface area contributed by atoms with E-state index in [9.17, 15) is 9.90 Å². The first-order valence-electron chi connectivity index (χ1n) is 13.0. The summed E-state index contributed by atoms with van der Waals surface area (Å²) in [4.78, 5) is 24.4. The van der Waals surface area contributed by atoms with E-state index in [0.29, 0.717) is 0 Å². The molecule has 2 N–H and O–H groups in total. The molecule has 2 aromatic carbocycles. The summed E-state index contributed by atoms with van der Waals surface area (Å²) in [7, 11) is 0. The first kappa shape index (κ1) is 23.0. The predicted octanol–water partition coefficient (Wildman–Crippen LogP) is 3.87. The van der Waals surface area contributed by atoms with Gasteiger partial charge in [0, 0.05) is 51.2 Å². The maximum absolute atomic E-state index is 12.6. The Morgan fingerprint density at radius 1 is 0.972 bits per heavy atom. The number of pyridine rings is 1. The van der Waals surface area contributed by atoms with Crippen LogP contribution in [0.5, 0.6) is 0 Å². The normalized spacial score (nSPS) is 20.0. The quantitative estimate of drug-likeness (QED) is 0.574. The van der Waals surface area contributed by atoms with E-state index in [0.717, 1.165) is 92.3 Å². The van der Waals surface area contributed by atoms with Gasteiger partial charge < -0.3 is 20.2 Å². The van der Waals surface area contributed by atoms with Gasteiger partial charge in [0.1, 0.15) is 6.04 Å². The van der Waals surface area contributed by atoms with Crippen LogP contribution in [0.4, 0.5) is 17.2 Å². The maximum Gasteiger partial charge on any atom is 0.247 e. The average molecular weight is 484 g/mol. The van der Waals surface area contributed by atoms with Crippen molar-refractivity contribution in [3.63, 3.8) is 0 Å². The Labute approximate surface area is 212 Å². The highest BCUT2D eigenvalue weighted by Crippen LogP contribution is 2.35. The number of aliphatic hydroxyl groups excluding tert-OH is 1. The van der Waals surface area contributed by atoms with Crippen molar-refractivity contribution in [2.75, 3.05) is 47.8 Å². The van der Waals surface area contributed by atoms with E-state index in [4.69, 9.17) is 4.98 Å². The predicted molar refractivity (Wildman–Crippen MR) is 143 cm³/mol. The number of rotatable bonds is 5. The van der Waals surface area contributed by atoms with E-state index in [1.54, 1.807) is 0 Å². The number of piperazine rings is 1. The molecule has 1 amide bonds. The van der Waals surface area contributed by atoms with Crippen LogP contribution in [0, 0.1) is 0 Å². The summed E-state index contributed by atoms with van der Waals surface area (Å²) in [6, 6.07) is 18.7. The van der Waals surface area contributed by atoms with E-state index >= 15 is 0 Å². The molecule has 0 spiro atoms. The van der Waals surface area contributed by atoms with E-state index in [2.05, 4.69) is 56.4 Å². The first-order chi connectivity index (χ1) is 17.7. The molecule has 0 saturated carbocycles. The number of hydrogen-bond donors (Lipinski definition) is 2. The average Bonchev–Trinajstić information content (AvgIpc) is 2.94. The highest BCUT2D eigenvalue weighted by atomic mass is 16.3. The zero-order valence-corrected chi connectivity index (χ0v) is 20.6. The number of carbonyl (C=O) groups excluding carboxylic acids is 1. The monoisotopic (exact) mass is 483 g/mol. The summed E-state index contributed by atoms with van der Waals surface area (Å²) in [5.74, 6) is 1.04. The standard InChI is InChI=1S/C29H33N5O2/c35-20-23-5-1-2-6-25(23)22-8-10-24(11-9-22)33-15-13-32(14-16-33)19-21-17-26-28(30-18-21)34-12-4-3-7-27(34)29(36)31-26/h1-2,5-6,8-11,17-18,27,35H,3-4,7,12-16,19-20H2,(H,31,36). The molecule has 2 saturated heterocycles. The van der Waals surface area contributed by atoms with Gasteiger partial charge in [0.05, 0.1) is 12.3 Å². The van der Waals surface area contributed by atoms with Crippen molar-refractivity contribution >= 4 is 23.1 Å². The minimum atomic E-state index is -0.0591. The molecule has 1 unspecified atom stereocenters. The molecule has 6 rings (SSSR count). The van der Waals surface area contributed by atoms with Crippen molar-refractivity contribution in [3.8, 4) is 11.1 Å². The van der Waals surface area contributed by atoms with Gasteiger partial charge in [-0.15, -0.1) is 0 Å². The largest absolute Gasteiger partial charge is 0.392 e. The molecular weight excluding hydrogens is 450 g/mol. The lowest BCUT2D eigenvalue weighted by atomic mass is 9.99. The van der Waals surface area contributed by atoms with Crippen LogP contribution in [0.25, 0.3) is 11.1 Å². The Morgan fingerprint density at radius 2 is 1.78 bits per heavy atom. The summed E-state index contributed by atoms with van der Waals surface area (Å²) in [6.07, 6.45) is 5.13. The second kappa shape index (κ2) is 9.91. The third kappa shape index (κ3) is 4.45. The summed E-state index contributed by atoms with van der Waals surface area (Å²) in [6.45, 7) is 5.69. The zero-order chi connectivity index (χ0) is 24.5. The number of anilines is 3. The molecule has 0 aliphatic carbocycles. The Balaban J connectivity index is 1.08. The molecule has 3 aliphatic rings. The van der Waals surface area contributed by atoms with E-state index in [1.807, 2.05) is 24.4 Å². The number of hydrogen-bond acceptors (Lipinski definition) is 6. The van der Waals surface area contributed by atoms with Gasteiger partial charge >= 0.3 is 0 Å². The van der Waals surface area contributed by atoms with Gasteiger partial charge in [-0.3, -0.25) is 9.69 Å². The number of fused-ring (bicyclic) bond motifs is 3. The molecule has 186 valence electrons. The minimum Gasteiger partial charge on any atom is -0.392 e. The van der Waals surface area contributed by atoms with Gasteiger partial charge in [0.15, 0.2) is 5.82 Å². The minimum absolute atomic E-state index is 0.0464. The van der Waals surface area contributed by atoms with Crippen LogP contribution in [-0.2, 0) is 17.9 Å². The molecule has 0 radical (unpaired) electrons. The van der Waals surface area contributed by atoms with Crippen LogP contribution in [0.1, 0.15) is 30.4 Å². The van der Waals surface area contributed by atoms with Gasteiger partial charge in [-0.25, -0.2) is 4.98 Å². The second-order valence-corrected chi connectivity index (χ2v) is 10.0. The second-order valence-electron chi connectivity index (χ2n) is 10.0. The Bertz CT molecular complexity index is 1240. The number of piperidine rings is 1. The number of aromatic nitrogens is 1. The zero-order valence-electron chi connectivity index (χ0n) is 20.6. The highest BCUT2D eigenvalue weighted by molar-refractivity contribution is 6.02. The number of benzene rings is 2. The number of nitrogens with one attached hydrogen (secondary N) is 1. The molecule has 0 bridgehead atoms. The van der Waals surface area contributed by atoms with Crippen LogP contribution in [0.15, 0.2) is 60.8 Å². The van der Waals surface area contributed by atoms with Crippen LogP contribution in [0.2, 0.25) is 0 Å². The van der Waals surface area contributed by atoms with Gasteiger partial charge in [-0.2, -0.15) is 0 Å². The fraction of sp³-hybridized carbons (Fsp3) is 0.379. The lowest BCUT2D eigenvalue weighted by Crippen LogP contribution is -2.51. The number of nitrogens with zero attached hydrogens (tertiary/aromatic N) is 4. The summed E-state index contributed by atoms with van der Waals surface area (Å²) < 4.78 is 0. The van der Waals surface area contributed by atoms with E-state index in [-0.39, 0.29) is 18.6 Å². The third-order valence-electron chi connectivity index (χ3n) is 7.77. The van der Waals surface area contributed by atoms with Crippen LogP contribution in [-0.4, -0.2) is 59.7 Å². The van der Waals surface area contributed by atoms with Gasteiger partial charge in [-0.1, -0.05) is 36.4 Å². The van der Waals surface area contributed by atoms with Crippen LogP contribution < -0.4 is 15.1 Å². The number of amides is 1. The van der Waals surface area contributed by atoms with Crippen molar-refractivity contribution in [3.05, 3.63) is 71.9 Å². The molecule has 7 heteroatoms. The van der Waals surface area contributed by atoms with Gasteiger partial charge in [-0.05, 0) is 59.7 Å². The van der Waals surface area contributed by atoms with Gasteiger partial charge in [0.25, 0.3) is 0 Å². The molecule has 3 aromatic rings. The molecule has 2 fully saturated rings. The van der Waals surface area contributed by atoms with Crippen molar-refractivity contribution in [2.45, 2.75) is 38.5 Å². The molecular formula is C29H33N5O2. The molecule has 4 heterocycles. The molecule has 1 atom stereocenters. The topological polar surface area (TPSA) is 71.9 Å². The first-order valence-corrected chi connectivity index (χ1v) is 13.0. The lowest BCUT2D eigenvalue weighted by molar-refractivity contribution is -0.118. The van der Waals surface area contributed by atoms with E-state index in [1.165, 1.54) is 5.69 Å². The summed E-state index contributed by atoms with van der Waals surface area (Å²) >= 11 is 0. The fourth-order valence-electron chi connectivity index (χ4n) is 5.80. The van der Waals surface area contributed by atoms with Crippen molar-refractivity contribution in [1.29, 1.82) is 0 Å². The van der Waals surface area contributed by atoms with E-state index < -0.39 is 0 Å². The van der Waals surface area contributed by atoms with Crippen molar-refractivity contribution in [1.82, 2.24) is 9.88 Å². The number of carbonyl (C=O) groups is 1. The molecule has 3 aliphatic heterocycles. The molecule has 1 aromatic heterocycles. The fourth-order valence-corrected chi connectivity index (χ4v) is 5.80. The van der Waals surface area contributed by atoms with Crippen LogP contribution in [0.3, 0.4) is 0 Å². The third-order valence-corrected chi connectivity index (χ3v) is 7.77. The SMILES string of the molecule is O=C1Nc2cc(CN3CCN(c4ccc(-c5ccccc5CO)cc4)CC3)cnc2N2CCCCC12. The Kier molecular flexibility index (Phi) is 6.34. The van der Waals surface area contributed by atoms with Crippen molar-refractivity contribution in [2.24, 2.45) is 0 Å². The van der Waals surface area contributed by atoms with Crippen molar-refractivity contribution < 1.29 is 9.90 Å². The molecule has 7 nitrogen and oxygen atoms in total. The highest BCUT2D eigenvalue weighted by Gasteiger charge is 2.35. The Morgan fingerprint density at radius 3 is 2.58 bits per heavy atom. The smallest absolute Gasteiger partial charge is 0.247 e. The van der Waals surface area contributed by atoms with Gasteiger partial charge in [0.2, 0.25) is 5.91 Å². The number of aliphatic hydroxyl groups is 1. The lowest BCUT2D eigenvalue weighted by Gasteiger charge is -2.40. The Hall–Kier alpha value is -3.42. The molecule has 36 heavy (non-hydrogen) atoms. The summed E-state index contributed by atoms with van der Waals surface area (Å²) in [5, 5.41) is 12.8. The van der Waals surface area contributed by atoms with Crippen LogP contribution >= 0.6 is 0 Å². The summed E-state index contributed by atoms with van der Waals surface area (Å²) in [5.41, 5.74) is 6.40. The maximum atomic E-state index is 12.6.